The minimum Gasteiger partial charge on any atom is -0.462 e. The number of rotatable bonds is 49. The maximum atomic E-state index is 12.8. The van der Waals surface area contributed by atoms with Gasteiger partial charge in [-0.3, -0.25) is 14.4 Å². The molecular formula is C63H102O6. The molecule has 0 aliphatic rings. The van der Waals surface area contributed by atoms with Crippen molar-refractivity contribution >= 4 is 17.9 Å². The highest BCUT2D eigenvalue weighted by atomic mass is 16.6. The average molecular weight is 956 g/mol. The lowest BCUT2D eigenvalue weighted by Gasteiger charge is -2.18. The zero-order valence-electron chi connectivity index (χ0n) is 44.5. The van der Waals surface area contributed by atoms with Crippen LogP contribution in [0.1, 0.15) is 239 Å². The van der Waals surface area contributed by atoms with Crippen LogP contribution in [0.25, 0.3) is 0 Å². The largest absolute Gasteiger partial charge is 0.462 e. The predicted molar refractivity (Wildman–Crippen MR) is 297 cm³/mol. The van der Waals surface area contributed by atoms with Gasteiger partial charge in [0.2, 0.25) is 0 Å². The van der Waals surface area contributed by atoms with Gasteiger partial charge in [0, 0.05) is 19.3 Å². The lowest BCUT2D eigenvalue weighted by atomic mass is 10.1. The van der Waals surface area contributed by atoms with E-state index in [2.05, 4.69) is 142 Å². The molecule has 0 rings (SSSR count). The summed E-state index contributed by atoms with van der Waals surface area (Å²) in [6, 6.07) is 0. The van der Waals surface area contributed by atoms with Crippen LogP contribution in [-0.4, -0.2) is 37.2 Å². The number of carbonyl (C=O) groups excluding carboxylic acids is 3. The SMILES string of the molecule is CC/C=C\C/C=C\C/C=C\C/C=C\C/C=C\CCCC(=O)O[C@H](COC(=O)CCCC/C=C\C/C=C\C/C=C\C/C=C\CC)COC(=O)CCCCCCCCC/C=C\CCCCCCCCCC. The van der Waals surface area contributed by atoms with Crippen molar-refractivity contribution in [2.75, 3.05) is 13.2 Å². The second kappa shape index (κ2) is 56.4. The molecule has 0 aromatic rings. The van der Waals surface area contributed by atoms with Crippen LogP contribution in [0, 0.1) is 0 Å². The molecule has 0 bridgehead atoms. The molecule has 0 heterocycles. The summed E-state index contributed by atoms with van der Waals surface area (Å²) in [4.78, 5) is 38.1. The molecule has 0 aliphatic carbocycles. The maximum absolute atomic E-state index is 12.8. The topological polar surface area (TPSA) is 78.9 Å². The second-order valence-electron chi connectivity index (χ2n) is 18.1. The quantitative estimate of drug-likeness (QED) is 0.0262. The number of ether oxygens (including phenoxy) is 3. The minimum atomic E-state index is -0.830. The Labute approximate surface area is 424 Å². The van der Waals surface area contributed by atoms with Crippen LogP contribution in [-0.2, 0) is 28.6 Å². The molecule has 6 heteroatoms. The lowest BCUT2D eigenvalue weighted by Crippen LogP contribution is -2.30. The first-order valence-corrected chi connectivity index (χ1v) is 28.0. The van der Waals surface area contributed by atoms with Gasteiger partial charge in [-0.05, 0) is 122 Å². The summed E-state index contributed by atoms with van der Waals surface area (Å²) in [5.41, 5.74) is 0. The van der Waals surface area contributed by atoms with Crippen LogP contribution in [0.3, 0.4) is 0 Å². The van der Waals surface area contributed by atoms with Gasteiger partial charge < -0.3 is 14.2 Å². The molecule has 390 valence electrons. The molecule has 0 spiro atoms. The third-order valence-corrected chi connectivity index (χ3v) is 11.4. The summed E-state index contributed by atoms with van der Waals surface area (Å²) >= 11 is 0. The molecule has 0 unspecified atom stereocenters. The van der Waals surface area contributed by atoms with Gasteiger partial charge in [-0.1, -0.05) is 219 Å². The van der Waals surface area contributed by atoms with Crippen LogP contribution in [0.15, 0.2) is 122 Å². The summed E-state index contributed by atoms with van der Waals surface area (Å²) in [5.74, 6) is -1.03. The van der Waals surface area contributed by atoms with Crippen LogP contribution in [0.5, 0.6) is 0 Å². The standard InChI is InChI=1S/C63H102O6/c1-4-7-10-13-16-19-22-25-28-30-31-33-35-38-41-44-47-50-53-56-62(65)68-59-60(58-67-61(64)55-52-49-46-43-40-37-34-27-24-21-18-15-12-9-6-3)69-63(66)57-54-51-48-45-42-39-36-32-29-26-23-20-17-14-11-8-5-2/h8-9,11-12,17-18,20-21,26-27,29-31,34,36,39-40,43,45,48,60H,4-7,10,13-16,19,22-25,28,32-33,35,37-38,41-42,44,46-47,49-59H2,1-3H3/b11-8-,12-9-,20-17-,21-18-,29-26-,31-30-,34-27-,39-36-,43-40-,48-45-/t60-/m1/s1. The van der Waals surface area contributed by atoms with E-state index < -0.39 is 6.10 Å². The van der Waals surface area contributed by atoms with E-state index in [4.69, 9.17) is 14.2 Å². The number of allylic oxidation sites excluding steroid dienone is 20. The van der Waals surface area contributed by atoms with E-state index in [0.717, 1.165) is 96.3 Å². The van der Waals surface area contributed by atoms with E-state index >= 15 is 0 Å². The van der Waals surface area contributed by atoms with E-state index in [0.29, 0.717) is 19.3 Å². The maximum Gasteiger partial charge on any atom is 0.306 e. The highest BCUT2D eigenvalue weighted by molar-refractivity contribution is 5.71. The Kier molecular flexibility index (Phi) is 53.0. The van der Waals surface area contributed by atoms with E-state index in [9.17, 15) is 14.4 Å². The number of hydrogen-bond donors (Lipinski definition) is 0. The minimum absolute atomic E-state index is 0.119. The summed E-state index contributed by atoms with van der Waals surface area (Å²) in [6.45, 7) is 6.32. The van der Waals surface area contributed by atoms with Crippen molar-refractivity contribution in [3.05, 3.63) is 122 Å². The van der Waals surface area contributed by atoms with Crippen LogP contribution >= 0.6 is 0 Å². The third kappa shape index (κ3) is 54.6. The monoisotopic (exact) mass is 955 g/mol. The predicted octanol–water partition coefficient (Wildman–Crippen LogP) is 18.9. The molecule has 0 N–H and O–H groups in total. The van der Waals surface area contributed by atoms with Crippen molar-refractivity contribution in [2.24, 2.45) is 0 Å². The Morgan fingerprint density at radius 2 is 0.580 bits per heavy atom. The molecule has 0 aliphatic heterocycles. The van der Waals surface area contributed by atoms with Crippen molar-refractivity contribution in [3.8, 4) is 0 Å². The number of unbranched alkanes of at least 4 members (excludes halogenated alkanes) is 18. The van der Waals surface area contributed by atoms with Gasteiger partial charge in [0.1, 0.15) is 13.2 Å². The molecular weight excluding hydrogens is 853 g/mol. The molecule has 1 atom stereocenters. The van der Waals surface area contributed by atoms with E-state index in [1.54, 1.807) is 0 Å². The first-order valence-electron chi connectivity index (χ1n) is 28.0. The van der Waals surface area contributed by atoms with Crippen LogP contribution in [0.2, 0.25) is 0 Å². The molecule has 0 radical (unpaired) electrons. The fraction of sp³-hybridized carbons (Fsp3) is 0.635. The van der Waals surface area contributed by atoms with Gasteiger partial charge in [-0.2, -0.15) is 0 Å². The Balaban J connectivity index is 4.54. The zero-order valence-corrected chi connectivity index (χ0v) is 44.5. The number of esters is 3. The Hall–Kier alpha value is -4.19. The summed E-state index contributed by atoms with van der Waals surface area (Å²) in [5, 5.41) is 0. The molecule has 0 aromatic carbocycles. The number of carbonyl (C=O) groups is 3. The fourth-order valence-electron chi connectivity index (χ4n) is 7.29. The second-order valence-corrected chi connectivity index (χ2v) is 18.1. The van der Waals surface area contributed by atoms with Gasteiger partial charge in [0.05, 0.1) is 0 Å². The highest BCUT2D eigenvalue weighted by Crippen LogP contribution is 2.13. The Morgan fingerprint density at radius 3 is 0.971 bits per heavy atom. The van der Waals surface area contributed by atoms with Gasteiger partial charge in [-0.25, -0.2) is 0 Å². The molecule has 0 aromatic heterocycles. The first-order chi connectivity index (χ1) is 34.0. The molecule has 0 fully saturated rings. The molecule has 6 nitrogen and oxygen atoms in total. The molecule has 0 amide bonds. The summed E-state index contributed by atoms with van der Waals surface area (Å²) < 4.78 is 16.8. The van der Waals surface area contributed by atoms with Crippen LogP contribution in [0.4, 0.5) is 0 Å². The fourth-order valence-corrected chi connectivity index (χ4v) is 7.29. The van der Waals surface area contributed by atoms with Crippen molar-refractivity contribution in [2.45, 2.75) is 245 Å². The Morgan fingerprint density at radius 1 is 0.304 bits per heavy atom. The average Bonchev–Trinajstić information content (AvgIpc) is 3.35. The summed E-state index contributed by atoms with van der Waals surface area (Å²) in [7, 11) is 0. The van der Waals surface area contributed by atoms with Crippen molar-refractivity contribution in [1.29, 1.82) is 0 Å². The molecule has 0 saturated heterocycles. The van der Waals surface area contributed by atoms with Gasteiger partial charge in [-0.15, -0.1) is 0 Å². The highest BCUT2D eigenvalue weighted by Gasteiger charge is 2.19. The van der Waals surface area contributed by atoms with Gasteiger partial charge >= 0.3 is 17.9 Å². The third-order valence-electron chi connectivity index (χ3n) is 11.4. The van der Waals surface area contributed by atoms with Crippen molar-refractivity contribution in [1.82, 2.24) is 0 Å². The molecule has 0 saturated carbocycles. The smallest absolute Gasteiger partial charge is 0.306 e. The first kappa shape index (κ1) is 64.8. The summed E-state index contributed by atoms with van der Waals surface area (Å²) in [6.07, 6.45) is 77.7. The van der Waals surface area contributed by atoms with E-state index in [1.807, 2.05) is 0 Å². The van der Waals surface area contributed by atoms with E-state index in [-0.39, 0.29) is 44.0 Å². The normalized spacial score (nSPS) is 13.0. The van der Waals surface area contributed by atoms with Gasteiger partial charge in [0.25, 0.3) is 0 Å². The number of hydrogen-bond acceptors (Lipinski definition) is 6. The Bertz CT molecular complexity index is 1470. The van der Waals surface area contributed by atoms with Crippen molar-refractivity contribution < 1.29 is 28.6 Å². The zero-order chi connectivity index (χ0) is 50.0. The lowest BCUT2D eigenvalue weighted by molar-refractivity contribution is -0.167. The van der Waals surface area contributed by atoms with E-state index in [1.165, 1.54) is 89.9 Å². The molecule has 69 heavy (non-hydrogen) atoms. The van der Waals surface area contributed by atoms with Crippen LogP contribution < -0.4 is 0 Å². The van der Waals surface area contributed by atoms with Crippen molar-refractivity contribution in [3.63, 3.8) is 0 Å². The van der Waals surface area contributed by atoms with Gasteiger partial charge in [0.15, 0.2) is 6.10 Å².